The fourth-order valence-electron chi connectivity index (χ4n) is 3.99. The average Bonchev–Trinajstić information content (AvgIpc) is 3.20. The number of carboxylic acids is 1. The van der Waals surface area contributed by atoms with Crippen LogP contribution in [0.3, 0.4) is 0 Å². The maximum absolute atomic E-state index is 12.9. The zero-order valence-electron chi connectivity index (χ0n) is 21.5. The van der Waals surface area contributed by atoms with Gasteiger partial charge in [-0.1, -0.05) is 48.2 Å². The van der Waals surface area contributed by atoms with Crippen LogP contribution in [-0.4, -0.2) is 27.0 Å². The SMILES string of the molecule is CC(CC(=O)O)(N[S@+]([O-])C(C)(C)C)c1ccc2sc3ccc(C#CCOCc4ccccc4)cc3c2c1. The van der Waals surface area contributed by atoms with E-state index >= 15 is 0 Å². The topological polar surface area (TPSA) is 81.6 Å². The van der Waals surface area contributed by atoms with E-state index in [1.54, 1.807) is 18.3 Å². The third kappa shape index (κ3) is 6.72. The Morgan fingerprint density at radius 2 is 1.70 bits per heavy atom. The van der Waals surface area contributed by atoms with E-state index < -0.39 is 27.6 Å². The Hall–Kier alpha value is -2.86. The quantitative estimate of drug-likeness (QED) is 0.156. The van der Waals surface area contributed by atoms with E-state index in [0.29, 0.717) is 13.2 Å². The zero-order chi connectivity index (χ0) is 26.6. The minimum absolute atomic E-state index is 0.192. The largest absolute Gasteiger partial charge is 0.598 e. The van der Waals surface area contributed by atoms with E-state index in [1.165, 1.54) is 0 Å². The molecule has 0 spiro atoms. The second kappa shape index (κ2) is 11.3. The zero-order valence-corrected chi connectivity index (χ0v) is 23.1. The molecule has 5 nitrogen and oxygen atoms in total. The monoisotopic (exact) mass is 533 g/mol. The Balaban J connectivity index is 1.61. The third-order valence-corrected chi connectivity index (χ3v) is 8.90. The van der Waals surface area contributed by atoms with E-state index in [-0.39, 0.29) is 6.42 Å². The van der Waals surface area contributed by atoms with Gasteiger partial charge in [-0.2, -0.15) is 0 Å². The first kappa shape index (κ1) is 27.2. The van der Waals surface area contributed by atoms with Crippen LogP contribution in [0.25, 0.3) is 20.2 Å². The summed E-state index contributed by atoms with van der Waals surface area (Å²) in [7, 11) is 0. The molecular weight excluding hydrogens is 502 g/mol. The molecule has 0 fully saturated rings. The highest BCUT2D eigenvalue weighted by Gasteiger charge is 2.39. The minimum Gasteiger partial charge on any atom is -0.598 e. The molecule has 0 radical (unpaired) electrons. The summed E-state index contributed by atoms with van der Waals surface area (Å²) in [5.74, 6) is 5.33. The molecule has 0 saturated carbocycles. The number of nitrogens with one attached hydrogen (secondary N) is 1. The molecule has 1 unspecified atom stereocenters. The predicted molar refractivity (Wildman–Crippen MR) is 153 cm³/mol. The standard InChI is InChI=1S/C30H31NO4S2/c1-29(2,3)37(34)31-30(4,19-28(32)33)23-13-15-27-25(18-23)24-17-21(12-14-26(24)36-27)11-8-16-35-20-22-9-6-5-7-10-22/h5-7,9-10,12-15,17-18,31H,16,19-20H2,1-4H3,(H,32,33)/t30?,37-/m1/s1. The van der Waals surface area contributed by atoms with Crippen LogP contribution in [0.5, 0.6) is 0 Å². The maximum Gasteiger partial charge on any atom is 0.305 e. The molecule has 0 saturated heterocycles. The van der Waals surface area contributed by atoms with Gasteiger partial charge in [0, 0.05) is 37.1 Å². The Morgan fingerprint density at radius 1 is 1.03 bits per heavy atom. The van der Waals surface area contributed by atoms with Gasteiger partial charge in [-0.15, -0.1) is 16.1 Å². The first-order valence-electron chi connectivity index (χ1n) is 12.0. The van der Waals surface area contributed by atoms with Gasteiger partial charge in [0.15, 0.2) is 0 Å². The van der Waals surface area contributed by atoms with Crippen LogP contribution in [0.15, 0.2) is 66.7 Å². The Labute approximate surface area is 225 Å². The molecule has 2 atom stereocenters. The molecule has 37 heavy (non-hydrogen) atoms. The van der Waals surface area contributed by atoms with Crippen molar-refractivity contribution in [3.05, 3.63) is 83.4 Å². The summed E-state index contributed by atoms with van der Waals surface area (Å²) in [5.41, 5.74) is 1.79. The van der Waals surface area contributed by atoms with E-state index in [1.807, 2.05) is 75.4 Å². The van der Waals surface area contributed by atoms with Crippen LogP contribution in [0.1, 0.15) is 50.8 Å². The first-order valence-corrected chi connectivity index (χ1v) is 14.0. The van der Waals surface area contributed by atoms with Crippen molar-refractivity contribution in [2.24, 2.45) is 0 Å². The number of carboxylic acid groups (broad SMARTS) is 1. The molecule has 2 N–H and O–H groups in total. The van der Waals surface area contributed by atoms with Crippen molar-refractivity contribution in [1.82, 2.24) is 4.72 Å². The number of hydrogen-bond donors (Lipinski definition) is 2. The Morgan fingerprint density at radius 3 is 2.38 bits per heavy atom. The fourth-order valence-corrected chi connectivity index (χ4v) is 5.96. The molecule has 192 valence electrons. The second-order valence-corrected chi connectivity index (χ2v) is 13.2. The van der Waals surface area contributed by atoms with Crippen LogP contribution < -0.4 is 4.72 Å². The summed E-state index contributed by atoms with van der Waals surface area (Å²) in [6.07, 6.45) is -0.192. The number of aliphatic carboxylic acids is 1. The molecule has 0 aliphatic rings. The highest BCUT2D eigenvalue weighted by molar-refractivity contribution is 7.90. The minimum atomic E-state index is -1.44. The molecule has 1 heterocycles. The number of benzene rings is 3. The maximum atomic E-state index is 12.9. The molecule has 4 rings (SSSR count). The van der Waals surface area contributed by atoms with Gasteiger partial charge in [0.1, 0.15) is 11.4 Å². The lowest BCUT2D eigenvalue weighted by molar-refractivity contribution is -0.138. The van der Waals surface area contributed by atoms with Crippen LogP contribution in [0, 0.1) is 11.8 Å². The highest BCUT2D eigenvalue weighted by Crippen LogP contribution is 2.38. The molecule has 0 bridgehead atoms. The number of thiophene rings is 1. The Kier molecular flexibility index (Phi) is 8.27. The first-order chi connectivity index (χ1) is 17.5. The van der Waals surface area contributed by atoms with Crippen molar-refractivity contribution < 1.29 is 19.2 Å². The van der Waals surface area contributed by atoms with Gasteiger partial charge in [0.25, 0.3) is 0 Å². The summed E-state index contributed by atoms with van der Waals surface area (Å²) in [6.45, 7) is 8.25. The van der Waals surface area contributed by atoms with Crippen LogP contribution >= 0.6 is 11.3 Å². The van der Waals surface area contributed by atoms with Crippen LogP contribution in [-0.2, 0) is 33.0 Å². The van der Waals surface area contributed by atoms with Gasteiger partial charge >= 0.3 is 5.97 Å². The Bertz CT molecular complexity index is 1460. The summed E-state index contributed by atoms with van der Waals surface area (Å²) in [6, 6.07) is 22.1. The van der Waals surface area contributed by atoms with E-state index in [0.717, 1.165) is 36.9 Å². The lowest BCUT2D eigenvalue weighted by Crippen LogP contribution is -2.50. The third-order valence-electron chi connectivity index (χ3n) is 6.00. The molecule has 0 aliphatic carbocycles. The number of hydrogen-bond acceptors (Lipinski definition) is 5. The second-order valence-electron chi connectivity index (χ2n) is 10.2. The molecule has 0 amide bonds. The van der Waals surface area contributed by atoms with E-state index in [9.17, 15) is 14.5 Å². The molecule has 3 aromatic carbocycles. The number of rotatable bonds is 8. The molecule has 1 aromatic heterocycles. The van der Waals surface area contributed by atoms with Crippen LogP contribution in [0.4, 0.5) is 0 Å². The number of fused-ring (bicyclic) bond motifs is 3. The smallest absolute Gasteiger partial charge is 0.305 e. The summed E-state index contributed by atoms with van der Waals surface area (Å²) in [4.78, 5) is 11.8. The molecule has 4 aromatic rings. The predicted octanol–water partition coefficient (Wildman–Crippen LogP) is 6.36. The van der Waals surface area contributed by atoms with Crippen molar-refractivity contribution in [2.75, 3.05) is 6.61 Å². The average molecular weight is 534 g/mol. The van der Waals surface area contributed by atoms with Gasteiger partial charge in [0.2, 0.25) is 0 Å². The lowest BCUT2D eigenvalue weighted by atomic mass is 9.89. The highest BCUT2D eigenvalue weighted by atomic mass is 32.2. The van der Waals surface area contributed by atoms with Gasteiger partial charge in [-0.3, -0.25) is 4.79 Å². The fraction of sp³-hybridized carbons (Fsp3) is 0.300. The summed E-state index contributed by atoms with van der Waals surface area (Å²) in [5, 5.41) is 11.7. The number of carbonyl (C=O) groups is 1. The van der Waals surface area contributed by atoms with Gasteiger partial charge < -0.3 is 14.4 Å². The van der Waals surface area contributed by atoms with E-state index in [2.05, 4.69) is 28.7 Å². The van der Waals surface area contributed by atoms with Crippen molar-refractivity contribution in [2.45, 2.75) is 51.0 Å². The molecular formula is C30H31NO4S2. The molecule has 7 heteroatoms. The van der Waals surface area contributed by atoms with Crippen molar-refractivity contribution in [3.63, 3.8) is 0 Å². The summed E-state index contributed by atoms with van der Waals surface area (Å²) >= 11 is 0.244. The van der Waals surface area contributed by atoms with Gasteiger partial charge in [0.05, 0.1) is 18.6 Å². The summed E-state index contributed by atoms with van der Waals surface area (Å²) < 4.78 is 23.4. The van der Waals surface area contributed by atoms with Crippen molar-refractivity contribution in [1.29, 1.82) is 0 Å². The normalized spacial score (nSPS) is 14.2. The lowest BCUT2D eigenvalue weighted by Gasteiger charge is -2.34. The van der Waals surface area contributed by atoms with Gasteiger partial charge in [-0.25, -0.2) is 0 Å². The van der Waals surface area contributed by atoms with Gasteiger partial charge in [-0.05, 0) is 69.2 Å². The number of ether oxygens (including phenoxy) is 1. The van der Waals surface area contributed by atoms with E-state index in [4.69, 9.17) is 4.74 Å². The molecule has 0 aliphatic heterocycles. The van der Waals surface area contributed by atoms with Crippen LogP contribution in [0.2, 0.25) is 0 Å². The van der Waals surface area contributed by atoms with Crippen molar-refractivity contribution >= 4 is 48.8 Å². The van der Waals surface area contributed by atoms with Crippen molar-refractivity contribution in [3.8, 4) is 11.8 Å².